The highest BCUT2D eigenvalue weighted by molar-refractivity contribution is 6.04. The molecule has 0 saturated heterocycles. The predicted octanol–water partition coefficient (Wildman–Crippen LogP) is 5.33. The van der Waals surface area contributed by atoms with Gasteiger partial charge in [-0.15, -0.1) is 13.2 Å². The van der Waals surface area contributed by atoms with Gasteiger partial charge in [-0.1, -0.05) is 5.16 Å². The van der Waals surface area contributed by atoms with E-state index in [-0.39, 0.29) is 23.4 Å². The molecular formula is C24H22F3N3O5. The fourth-order valence-corrected chi connectivity index (χ4v) is 3.97. The van der Waals surface area contributed by atoms with Gasteiger partial charge in [0.15, 0.2) is 0 Å². The van der Waals surface area contributed by atoms with Crippen LogP contribution >= 0.6 is 0 Å². The van der Waals surface area contributed by atoms with Crippen LogP contribution in [0.3, 0.4) is 0 Å². The van der Waals surface area contributed by atoms with Crippen LogP contribution in [0, 0.1) is 5.92 Å². The summed E-state index contributed by atoms with van der Waals surface area (Å²) in [6.07, 6.45) is -1.86. The zero-order valence-electron chi connectivity index (χ0n) is 18.7. The van der Waals surface area contributed by atoms with E-state index >= 15 is 0 Å². The first kappa shape index (κ1) is 24.2. The van der Waals surface area contributed by atoms with E-state index in [2.05, 4.69) is 20.2 Å². The summed E-state index contributed by atoms with van der Waals surface area (Å²) in [6.45, 7) is 0. The summed E-state index contributed by atoms with van der Waals surface area (Å²) in [5, 5.41) is 6.72. The van der Waals surface area contributed by atoms with Crippen molar-refractivity contribution in [1.82, 2.24) is 10.1 Å². The summed E-state index contributed by atoms with van der Waals surface area (Å²) in [6, 6.07) is 11.4. The van der Waals surface area contributed by atoms with Crippen LogP contribution in [0.4, 0.5) is 18.9 Å². The van der Waals surface area contributed by atoms with Gasteiger partial charge in [-0.05, 0) is 74.2 Å². The van der Waals surface area contributed by atoms with Crippen molar-refractivity contribution in [3.63, 3.8) is 0 Å². The number of nitrogens with one attached hydrogen (secondary N) is 1. The molecule has 1 aliphatic rings. The van der Waals surface area contributed by atoms with Crippen LogP contribution < -0.4 is 10.1 Å². The van der Waals surface area contributed by atoms with Gasteiger partial charge in [-0.3, -0.25) is 9.59 Å². The molecule has 1 N–H and O–H groups in total. The van der Waals surface area contributed by atoms with Crippen molar-refractivity contribution >= 4 is 17.6 Å². The molecule has 3 aromatic rings. The minimum atomic E-state index is -4.80. The van der Waals surface area contributed by atoms with Gasteiger partial charge in [0.05, 0.1) is 13.0 Å². The smallest absolute Gasteiger partial charge is 0.469 e. The Labute approximate surface area is 198 Å². The van der Waals surface area contributed by atoms with Gasteiger partial charge >= 0.3 is 12.3 Å². The van der Waals surface area contributed by atoms with Crippen LogP contribution in [0.2, 0.25) is 0 Å². The van der Waals surface area contributed by atoms with Gasteiger partial charge in [-0.25, -0.2) is 0 Å². The minimum absolute atomic E-state index is 0.0867. The van der Waals surface area contributed by atoms with E-state index in [0.29, 0.717) is 35.8 Å². The number of rotatable bonds is 6. The Morgan fingerprint density at radius 2 is 1.66 bits per heavy atom. The van der Waals surface area contributed by atoms with E-state index in [1.807, 2.05) is 0 Å². The lowest BCUT2D eigenvalue weighted by atomic mass is 9.82. The zero-order valence-corrected chi connectivity index (χ0v) is 18.7. The molecule has 0 aliphatic heterocycles. The number of hydrogen-bond acceptors (Lipinski definition) is 7. The molecule has 4 rings (SSSR count). The lowest BCUT2D eigenvalue weighted by Gasteiger charge is -2.24. The third-order valence-corrected chi connectivity index (χ3v) is 5.80. The first-order valence-corrected chi connectivity index (χ1v) is 10.9. The fourth-order valence-electron chi connectivity index (χ4n) is 3.97. The molecule has 0 spiro atoms. The van der Waals surface area contributed by atoms with Crippen molar-refractivity contribution in [2.24, 2.45) is 5.92 Å². The topological polar surface area (TPSA) is 104 Å². The second-order valence-corrected chi connectivity index (χ2v) is 8.13. The van der Waals surface area contributed by atoms with E-state index < -0.39 is 18.0 Å². The molecule has 0 atom stereocenters. The van der Waals surface area contributed by atoms with E-state index in [9.17, 15) is 22.8 Å². The summed E-state index contributed by atoms with van der Waals surface area (Å²) in [7, 11) is 1.39. The van der Waals surface area contributed by atoms with Gasteiger partial charge in [0.25, 0.3) is 5.91 Å². The second kappa shape index (κ2) is 10.2. The molecule has 0 bridgehead atoms. The number of aromatic nitrogens is 2. The van der Waals surface area contributed by atoms with Gasteiger partial charge in [0, 0.05) is 22.7 Å². The number of anilines is 1. The van der Waals surface area contributed by atoms with Crippen molar-refractivity contribution in [3.8, 4) is 17.1 Å². The van der Waals surface area contributed by atoms with Crippen molar-refractivity contribution in [1.29, 1.82) is 0 Å². The van der Waals surface area contributed by atoms with Crippen molar-refractivity contribution in [2.75, 3.05) is 12.4 Å². The van der Waals surface area contributed by atoms with E-state index in [0.717, 1.165) is 25.0 Å². The summed E-state index contributed by atoms with van der Waals surface area (Å²) >= 11 is 0. The predicted molar refractivity (Wildman–Crippen MR) is 118 cm³/mol. The monoisotopic (exact) mass is 489 g/mol. The lowest BCUT2D eigenvalue weighted by molar-refractivity contribution is -0.274. The summed E-state index contributed by atoms with van der Waals surface area (Å²) in [5.74, 6) is -0.146. The zero-order chi connectivity index (χ0) is 25.0. The van der Waals surface area contributed by atoms with Crippen molar-refractivity contribution in [2.45, 2.75) is 38.0 Å². The number of hydrogen-bond donors (Lipinski definition) is 1. The van der Waals surface area contributed by atoms with Crippen LogP contribution in [-0.4, -0.2) is 35.5 Å². The number of halogens is 3. The molecule has 1 aliphatic carbocycles. The Morgan fingerprint density at radius 3 is 2.26 bits per heavy atom. The number of alkyl halides is 3. The lowest BCUT2D eigenvalue weighted by Crippen LogP contribution is -2.22. The number of esters is 1. The highest BCUT2D eigenvalue weighted by atomic mass is 19.4. The van der Waals surface area contributed by atoms with Crippen LogP contribution in [0.15, 0.2) is 53.1 Å². The van der Waals surface area contributed by atoms with Crippen molar-refractivity contribution in [3.05, 3.63) is 60.0 Å². The average Bonchev–Trinajstić information content (AvgIpc) is 3.34. The van der Waals surface area contributed by atoms with Crippen LogP contribution in [-0.2, 0) is 9.53 Å². The molecular weight excluding hydrogens is 467 g/mol. The molecule has 11 heteroatoms. The standard InChI is InChI=1S/C24H22F3N3O5/c1-33-23(32)17-4-2-16(3-5-17)22-29-20(30-35-22)14-6-10-18(11-7-14)28-21(31)15-8-12-19(13-9-15)34-24(25,26)27/h6-13,16-17H,2-5H2,1H3,(H,28,31). The number of ether oxygens (including phenoxy) is 2. The van der Waals surface area contributed by atoms with E-state index in [1.54, 1.807) is 24.3 Å². The number of benzene rings is 2. The van der Waals surface area contributed by atoms with Gasteiger partial charge in [0.1, 0.15) is 5.75 Å². The molecule has 1 heterocycles. The Morgan fingerprint density at radius 1 is 1.00 bits per heavy atom. The van der Waals surface area contributed by atoms with Crippen molar-refractivity contribution < 1.29 is 36.8 Å². The molecule has 2 aromatic carbocycles. The fraction of sp³-hybridized carbons (Fsp3) is 0.333. The molecule has 8 nitrogen and oxygen atoms in total. The molecule has 1 aromatic heterocycles. The third-order valence-electron chi connectivity index (χ3n) is 5.80. The quantitative estimate of drug-likeness (QED) is 0.467. The minimum Gasteiger partial charge on any atom is -0.469 e. The number of carbonyl (C=O) groups is 2. The first-order valence-electron chi connectivity index (χ1n) is 10.9. The molecule has 0 unspecified atom stereocenters. The SMILES string of the molecule is COC(=O)C1CCC(c2nc(-c3ccc(NC(=O)c4ccc(OC(F)(F)F)cc4)cc3)no2)CC1. The Bertz CT molecular complexity index is 1170. The second-order valence-electron chi connectivity index (χ2n) is 8.13. The number of methoxy groups -OCH3 is 1. The Kier molecular flexibility index (Phi) is 7.04. The van der Waals surface area contributed by atoms with Crippen LogP contribution in [0.1, 0.15) is 47.8 Å². The maximum Gasteiger partial charge on any atom is 0.573 e. The van der Waals surface area contributed by atoms with E-state index in [1.165, 1.54) is 19.2 Å². The van der Waals surface area contributed by atoms with Gasteiger partial charge in [-0.2, -0.15) is 4.98 Å². The highest BCUT2D eigenvalue weighted by Gasteiger charge is 2.31. The van der Waals surface area contributed by atoms with Crippen LogP contribution in [0.25, 0.3) is 11.4 Å². The average molecular weight is 489 g/mol. The van der Waals surface area contributed by atoms with Gasteiger partial charge in [0.2, 0.25) is 11.7 Å². The molecule has 35 heavy (non-hydrogen) atoms. The summed E-state index contributed by atoms with van der Waals surface area (Å²) < 4.78 is 50.8. The largest absolute Gasteiger partial charge is 0.573 e. The Balaban J connectivity index is 1.34. The maximum atomic E-state index is 12.4. The van der Waals surface area contributed by atoms with Crippen LogP contribution in [0.5, 0.6) is 5.75 Å². The Hall–Kier alpha value is -3.89. The molecule has 1 amide bonds. The highest BCUT2D eigenvalue weighted by Crippen LogP contribution is 2.36. The number of amides is 1. The summed E-state index contributed by atoms with van der Waals surface area (Å²) in [5.41, 5.74) is 1.35. The number of carbonyl (C=O) groups excluding carboxylic acids is 2. The van der Waals surface area contributed by atoms with E-state index in [4.69, 9.17) is 9.26 Å². The molecule has 0 radical (unpaired) electrons. The first-order chi connectivity index (χ1) is 16.7. The maximum absolute atomic E-state index is 12.4. The molecule has 1 fully saturated rings. The third kappa shape index (κ3) is 6.17. The molecule has 1 saturated carbocycles. The number of nitrogens with zero attached hydrogens (tertiary/aromatic N) is 2. The van der Waals surface area contributed by atoms with Gasteiger partial charge < -0.3 is 19.3 Å². The molecule has 184 valence electrons. The summed E-state index contributed by atoms with van der Waals surface area (Å²) in [4.78, 5) is 28.6. The normalized spacial score (nSPS) is 18.1.